The number of carbonyl (C=O) groups excluding carboxylic acids is 2. The minimum Gasteiger partial charge on any atom is -0.352 e. The van der Waals surface area contributed by atoms with Gasteiger partial charge in [0.1, 0.15) is 0 Å². The molecule has 0 saturated carbocycles. The van der Waals surface area contributed by atoms with Gasteiger partial charge in [-0.1, -0.05) is 39.8 Å². The molecule has 1 saturated heterocycles. The monoisotopic (exact) mass is 388 g/mol. The van der Waals surface area contributed by atoms with Gasteiger partial charge in [-0.05, 0) is 23.1 Å². The molecular formula is C22H36N4O2. The van der Waals surface area contributed by atoms with Crippen molar-refractivity contribution in [1.29, 1.82) is 0 Å². The molecule has 1 aromatic carbocycles. The number of amides is 2. The molecule has 0 aliphatic carbocycles. The van der Waals surface area contributed by atoms with Crippen molar-refractivity contribution in [2.75, 3.05) is 45.8 Å². The Bertz CT molecular complexity index is 646. The van der Waals surface area contributed by atoms with E-state index in [1.807, 2.05) is 36.1 Å². The third-order valence-corrected chi connectivity index (χ3v) is 4.90. The molecule has 1 aliphatic rings. The maximum atomic E-state index is 12.8. The molecule has 0 bridgehead atoms. The van der Waals surface area contributed by atoms with Crippen LogP contribution >= 0.6 is 0 Å². The van der Waals surface area contributed by atoms with Crippen molar-refractivity contribution in [3.05, 3.63) is 35.4 Å². The van der Waals surface area contributed by atoms with Gasteiger partial charge in [-0.2, -0.15) is 0 Å². The molecule has 28 heavy (non-hydrogen) atoms. The van der Waals surface area contributed by atoms with Crippen molar-refractivity contribution in [2.24, 2.45) is 5.41 Å². The summed E-state index contributed by atoms with van der Waals surface area (Å²) >= 11 is 0. The van der Waals surface area contributed by atoms with Gasteiger partial charge in [-0.25, -0.2) is 0 Å². The Morgan fingerprint density at radius 1 is 1.11 bits per heavy atom. The summed E-state index contributed by atoms with van der Waals surface area (Å²) in [5, 5.41) is 6.37. The molecule has 1 aliphatic heterocycles. The van der Waals surface area contributed by atoms with Crippen molar-refractivity contribution in [2.45, 2.75) is 40.7 Å². The van der Waals surface area contributed by atoms with Crippen LogP contribution in [0, 0.1) is 5.41 Å². The summed E-state index contributed by atoms with van der Waals surface area (Å²) in [4.78, 5) is 28.6. The van der Waals surface area contributed by atoms with Gasteiger partial charge < -0.3 is 15.5 Å². The zero-order chi connectivity index (χ0) is 20.6. The fourth-order valence-corrected chi connectivity index (χ4v) is 3.20. The lowest BCUT2D eigenvalue weighted by atomic mass is 9.97. The summed E-state index contributed by atoms with van der Waals surface area (Å²) in [7, 11) is 0. The number of benzene rings is 1. The highest BCUT2D eigenvalue weighted by Gasteiger charge is 2.22. The van der Waals surface area contributed by atoms with Gasteiger partial charge in [-0.3, -0.25) is 14.5 Å². The highest BCUT2D eigenvalue weighted by atomic mass is 16.2. The van der Waals surface area contributed by atoms with Crippen molar-refractivity contribution in [3.8, 4) is 0 Å². The Labute approximate surface area is 169 Å². The van der Waals surface area contributed by atoms with Gasteiger partial charge in [0.25, 0.3) is 5.91 Å². The Morgan fingerprint density at radius 3 is 2.46 bits per heavy atom. The second-order valence-electron chi connectivity index (χ2n) is 8.70. The number of hydrogen-bond acceptors (Lipinski definition) is 4. The molecule has 156 valence electrons. The lowest BCUT2D eigenvalue weighted by Crippen LogP contribution is -2.50. The lowest BCUT2D eigenvalue weighted by Gasteiger charge is -2.35. The quantitative estimate of drug-likeness (QED) is 0.670. The van der Waals surface area contributed by atoms with Crippen molar-refractivity contribution in [1.82, 2.24) is 20.4 Å². The molecule has 0 unspecified atom stereocenters. The predicted octanol–water partition coefficient (Wildman–Crippen LogP) is 2.11. The van der Waals surface area contributed by atoms with Gasteiger partial charge in [0.15, 0.2) is 0 Å². The number of piperazine rings is 1. The van der Waals surface area contributed by atoms with Crippen LogP contribution < -0.4 is 10.6 Å². The van der Waals surface area contributed by atoms with Gasteiger partial charge in [-0.15, -0.1) is 0 Å². The first-order valence-electron chi connectivity index (χ1n) is 10.4. The lowest BCUT2D eigenvalue weighted by molar-refractivity contribution is -0.120. The number of hydrogen-bond donors (Lipinski definition) is 2. The Balaban J connectivity index is 1.78. The molecule has 0 atom stereocenters. The van der Waals surface area contributed by atoms with Crippen LogP contribution in [0.3, 0.4) is 0 Å². The van der Waals surface area contributed by atoms with Crippen LogP contribution in [0.2, 0.25) is 0 Å². The zero-order valence-electron chi connectivity index (χ0n) is 17.9. The van der Waals surface area contributed by atoms with Crippen molar-refractivity contribution >= 4 is 11.8 Å². The number of nitrogens with one attached hydrogen (secondary N) is 2. The average molecular weight is 389 g/mol. The van der Waals surface area contributed by atoms with E-state index >= 15 is 0 Å². The van der Waals surface area contributed by atoms with Crippen LogP contribution in [0.4, 0.5) is 0 Å². The van der Waals surface area contributed by atoms with Gasteiger partial charge in [0.2, 0.25) is 5.91 Å². The second-order valence-corrected chi connectivity index (χ2v) is 8.70. The topological polar surface area (TPSA) is 64.7 Å². The van der Waals surface area contributed by atoms with E-state index in [-0.39, 0.29) is 11.8 Å². The van der Waals surface area contributed by atoms with Crippen LogP contribution in [-0.2, 0) is 11.3 Å². The molecular weight excluding hydrogens is 352 g/mol. The van der Waals surface area contributed by atoms with E-state index in [1.165, 1.54) is 0 Å². The molecule has 0 radical (unpaired) electrons. The van der Waals surface area contributed by atoms with E-state index in [0.29, 0.717) is 23.9 Å². The van der Waals surface area contributed by atoms with E-state index in [1.54, 1.807) is 0 Å². The van der Waals surface area contributed by atoms with E-state index < -0.39 is 0 Å². The molecule has 6 nitrogen and oxygen atoms in total. The maximum absolute atomic E-state index is 12.8. The summed E-state index contributed by atoms with van der Waals surface area (Å²) in [5.41, 5.74) is 1.96. The first-order valence-corrected chi connectivity index (χ1v) is 10.4. The Hall–Kier alpha value is -1.92. The van der Waals surface area contributed by atoms with Gasteiger partial charge >= 0.3 is 0 Å². The normalized spacial score (nSPS) is 15.5. The Kier molecular flexibility index (Phi) is 8.45. The standard InChI is InChI=1S/C22H36N4O2/c1-5-20(27)24-16-18-7-6-8-19(15-18)21(28)26-13-11-25(12-14-26)10-9-23-17-22(2,3)4/h6-8,15,23H,5,9-14,16-17H2,1-4H3,(H,24,27). The van der Waals surface area contributed by atoms with E-state index in [4.69, 9.17) is 0 Å². The van der Waals surface area contributed by atoms with Gasteiger partial charge in [0.05, 0.1) is 0 Å². The summed E-state index contributed by atoms with van der Waals surface area (Å²) in [5.74, 6) is 0.0963. The summed E-state index contributed by atoms with van der Waals surface area (Å²) in [6.07, 6.45) is 0.467. The highest BCUT2D eigenvalue weighted by molar-refractivity contribution is 5.94. The van der Waals surface area contributed by atoms with Crippen LogP contribution in [0.15, 0.2) is 24.3 Å². The van der Waals surface area contributed by atoms with Crippen molar-refractivity contribution < 1.29 is 9.59 Å². The first-order chi connectivity index (χ1) is 13.3. The molecule has 1 heterocycles. The zero-order valence-corrected chi connectivity index (χ0v) is 17.9. The molecule has 6 heteroatoms. The fraction of sp³-hybridized carbons (Fsp3) is 0.636. The molecule has 2 rings (SSSR count). The minimum atomic E-state index is 0.0184. The van der Waals surface area contributed by atoms with Gasteiger partial charge in [0, 0.05) is 64.3 Å². The molecule has 2 N–H and O–H groups in total. The number of rotatable bonds is 8. The summed E-state index contributed by atoms with van der Waals surface area (Å²) < 4.78 is 0. The largest absolute Gasteiger partial charge is 0.352 e. The molecule has 0 aromatic heterocycles. The third-order valence-electron chi connectivity index (χ3n) is 4.90. The summed E-state index contributed by atoms with van der Waals surface area (Å²) in [6, 6.07) is 7.57. The molecule has 1 fully saturated rings. The van der Waals surface area contributed by atoms with Crippen LogP contribution in [0.1, 0.15) is 50.0 Å². The minimum absolute atomic E-state index is 0.0184. The Morgan fingerprint density at radius 2 is 1.82 bits per heavy atom. The summed E-state index contributed by atoms with van der Waals surface area (Å²) in [6.45, 7) is 15.3. The maximum Gasteiger partial charge on any atom is 0.253 e. The first kappa shape index (κ1) is 22.4. The van der Waals surface area contributed by atoms with Crippen LogP contribution in [0.5, 0.6) is 0 Å². The molecule has 1 aromatic rings. The predicted molar refractivity (Wildman–Crippen MR) is 113 cm³/mol. The van der Waals surface area contributed by atoms with E-state index in [9.17, 15) is 9.59 Å². The van der Waals surface area contributed by atoms with Crippen molar-refractivity contribution in [3.63, 3.8) is 0 Å². The molecule has 0 spiro atoms. The number of nitrogens with zero attached hydrogens (tertiary/aromatic N) is 2. The number of carbonyl (C=O) groups is 2. The molecule has 2 amide bonds. The smallest absolute Gasteiger partial charge is 0.253 e. The average Bonchev–Trinajstić information content (AvgIpc) is 2.69. The van der Waals surface area contributed by atoms with E-state index in [0.717, 1.165) is 51.4 Å². The van der Waals surface area contributed by atoms with Crippen LogP contribution in [-0.4, -0.2) is 67.4 Å². The van der Waals surface area contributed by atoms with E-state index in [2.05, 4.69) is 36.3 Å². The SMILES string of the molecule is CCC(=O)NCc1cccc(C(=O)N2CCN(CCNCC(C)(C)C)CC2)c1. The fourth-order valence-electron chi connectivity index (χ4n) is 3.20. The third kappa shape index (κ3) is 7.60. The highest BCUT2D eigenvalue weighted by Crippen LogP contribution is 2.12. The second kappa shape index (κ2) is 10.6. The van der Waals surface area contributed by atoms with Crippen LogP contribution in [0.25, 0.3) is 0 Å².